The molecule has 4 aromatic carbocycles. The number of nitrogens with one attached hydrogen (secondary N) is 2. The van der Waals surface area contributed by atoms with Crippen molar-refractivity contribution in [3.8, 4) is 33.6 Å². The van der Waals surface area contributed by atoms with Crippen molar-refractivity contribution >= 4 is 33.6 Å². The zero-order valence-corrected chi connectivity index (χ0v) is 26.3. The number of nitrogens with zero attached hydrogens (tertiary/aromatic N) is 2. The lowest BCUT2D eigenvalue weighted by atomic mass is 9.96. The summed E-state index contributed by atoms with van der Waals surface area (Å²) in [5, 5.41) is 7.75. The Morgan fingerprint density at radius 1 is 0.522 bits per heavy atom. The van der Waals surface area contributed by atoms with Crippen molar-refractivity contribution in [2.45, 2.75) is 39.5 Å². The van der Waals surface area contributed by atoms with E-state index in [1.165, 1.54) is 0 Å². The van der Waals surface area contributed by atoms with E-state index < -0.39 is 0 Å². The summed E-state index contributed by atoms with van der Waals surface area (Å²) < 4.78 is 0. The maximum absolute atomic E-state index is 13.5. The van der Waals surface area contributed by atoms with Crippen LogP contribution in [0.3, 0.4) is 0 Å². The summed E-state index contributed by atoms with van der Waals surface area (Å²) in [4.78, 5) is 36.9. The van der Waals surface area contributed by atoms with E-state index in [-0.39, 0.29) is 11.8 Å². The van der Waals surface area contributed by atoms with Crippen LogP contribution in [-0.4, -0.2) is 34.9 Å². The highest BCUT2D eigenvalue weighted by Crippen LogP contribution is 2.33. The molecule has 0 bridgehead atoms. The molecule has 6 nitrogen and oxygen atoms in total. The average molecular weight is 607 g/mol. The minimum absolute atomic E-state index is 0.114. The molecule has 6 aromatic rings. The largest absolute Gasteiger partial charge is 0.352 e. The van der Waals surface area contributed by atoms with Crippen molar-refractivity contribution in [1.29, 1.82) is 0 Å². The SMILES string of the molecule is CCCCNC(=O)c1cc(-c2ccccc2)nc2ccc(-c3ccc4nc(-c5ccccc5)cc(C(=O)NCCCC)c4c3)cc12. The fraction of sp³-hybridized carbons (Fsp3) is 0.200. The van der Waals surface area contributed by atoms with E-state index in [2.05, 4.69) is 24.5 Å². The van der Waals surface area contributed by atoms with Crippen LogP contribution < -0.4 is 10.6 Å². The Kier molecular flexibility index (Phi) is 9.44. The van der Waals surface area contributed by atoms with Gasteiger partial charge in [-0.2, -0.15) is 0 Å². The van der Waals surface area contributed by atoms with E-state index in [9.17, 15) is 9.59 Å². The number of carbonyl (C=O) groups is 2. The van der Waals surface area contributed by atoms with Crippen LogP contribution in [0.15, 0.2) is 109 Å². The normalized spacial score (nSPS) is 11.1. The van der Waals surface area contributed by atoms with Crippen molar-refractivity contribution in [3.05, 3.63) is 120 Å². The fourth-order valence-corrected chi connectivity index (χ4v) is 5.65. The Labute approximate surface area is 269 Å². The molecule has 0 saturated heterocycles. The molecule has 0 spiro atoms. The molecule has 0 unspecified atom stereocenters. The van der Waals surface area contributed by atoms with E-state index in [0.29, 0.717) is 24.2 Å². The van der Waals surface area contributed by atoms with Crippen molar-refractivity contribution in [1.82, 2.24) is 20.6 Å². The molecule has 230 valence electrons. The maximum Gasteiger partial charge on any atom is 0.252 e. The van der Waals surface area contributed by atoms with Gasteiger partial charge in [0.05, 0.1) is 33.5 Å². The first kappa shape index (κ1) is 30.7. The molecule has 0 aliphatic rings. The number of hydrogen-bond acceptors (Lipinski definition) is 4. The summed E-state index contributed by atoms with van der Waals surface area (Å²) in [6.45, 7) is 5.45. The van der Waals surface area contributed by atoms with Crippen LogP contribution in [0.1, 0.15) is 60.2 Å². The molecule has 0 saturated carbocycles. The van der Waals surface area contributed by atoms with Crippen LogP contribution in [0.2, 0.25) is 0 Å². The van der Waals surface area contributed by atoms with Crippen molar-refractivity contribution < 1.29 is 9.59 Å². The molecule has 2 amide bonds. The number of hydrogen-bond donors (Lipinski definition) is 2. The monoisotopic (exact) mass is 606 g/mol. The predicted octanol–water partition coefficient (Wildman–Crippen LogP) is 8.84. The number of unbranched alkanes of at least 4 members (excludes halogenated alkanes) is 2. The Morgan fingerprint density at radius 2 is 0.935 bits per heavy atom. The number of pyridine rings is 2. The third-order valence-corrected chi connectivity index (χ3v) is 8.21. The molecule has 2 aromatic heterocycles. The molecule has 0 atom stereocenters. The minimum atomic E-state index is -0.114. The number of aromatic nitrogens is 2. The number of fused-ring (bicyclic) bond motifs is 2. The first-order valence-electron chi connectivity index (χ1n) is 16.1. The zero-order chi connectivity index (χ0) is 31.9. The molecule has 6 rings (SSSR count). The first-order valence-corrected chi connectivity index (χ1v) is 16.1. The molecular weight excluding hydrogens is 568 g/mol. The minimum Gasteiger partial charge on any atom is -0.352 e. The van der Waals surface area contributed by atoms with Gasteiger partial charge in [-0.15, -0.1) is 0 Å². The smallest absolute Gasteiger partial charge is 0.252 e. The van der Waals surface area contributed by atoms with Gasteiger partial charge < -0.3 is 10.6 Å². The molecular formula is C40H38N4O2. The molecule has 6 heteroatoms. The molecule has 0 fully saturated rings. The topological polar surface area (TPSA) is 84.0 Å². The van der Waals surface area contributed by atoms with Gasteiger partial charge in [-0.25, -0.2) is 9.97 Å². The summed E-state index contributed by atoms with van der Waals surface area (Å²) >= 11 is 0. The second-order valence-electron chi connectivity index (χ2n) is 11.5. The molecule has 2 N–H and O–H groups in total. The van der Waals surface area contributed by atoms with Gasteiger partial charge in [0.15, 0.2) is 0 Å². The predicted molar refractivity (Wildman–Crippen MR) is 188 cm³/mol. The Morgan fingerprint density at radius 3 is 1.33 bits per heavy atom. The van der Waals surface area contributed by atoms with Gasteiger partial charge in [0, 0.05) is 35.0 Å². The Bertz CT molecular complexity index is 1860. The highest BCUT2D eigenvalue weighted by atomic mass is 16.2. The van der Waals surface area contributed by atoms with Gasteiger partial charge in [0.1, 0.15) is 0 Å². The average Bonchev–Trinajstić information content (AvgIpc) is 3.11. The molecule has 2 heterocycles. The van der Waals surface area contributed by atoms with Crippen molar-refractivity contribution in [2.75, 3.05) is 13.1 Å². The van der Waals surface area contributed by atoms with Crippen molar-refractivity contribution in [2.24, 2.45) is 0 Å². The standard InChI is InChI=1S/C40H38N4O2/c1-3-5-21-41-39(45)33-25-37(27-13-9-7-10-14-27)43-35-19-17-29(23-31(33)35)30-18-20-36-32(24-30)34(40(46)42-22-6-4-2)26-38(44-36)28-15-11-8-12-16-28/h7-20,23-26H,3-6,21-22H2,1-2H3,(H,41,45)(H,42,46). The van der Waals surface area contributed by atoms with Crippen LogP contribution >= 0.6 is 0 Å². The highest BCUT2D eigenvalue weighted by Gasteiger charge is 2.17. The van der Waals surface area contributed by atoms with Gasteiger partial charge in [0.2, 0.25) is 0 Å². The lowest BCUT2D eigenvalue weighted by Gasteiger charge is -2.14. The fourth-order valence-electron chi connectivity index (χ4n) is 5.65. The number of rotatable bonds is 11. The van der Waals surface area contributed by atoms with Crippen LogP contribution in [-0.2, 0) is 0 Å². The molecule has 0 aliphatic heterocycles. The van der Waals surface area contributed by atoms with E-state index >= 15 is 0 Å². The summed E-state index contributed by atoms with van der Waals surface area (Å²) in [6.07, 6.45) is 3.83. The Balaban J connectivity index is 1.46. The quantitative estimate of drug-likeness (QED) is 0.144. The van der Waals surface area contributed by atoms with E-state index in [0.717, 1.165) is 81.1 Å². The lowest BCUT2D eigenvalue weighted by Crippen LogP contribution is -2.24. The van der Waals surface area contributed by atoms with Gasteiger partial charge in [-0.05, 0) is 60.4 Å². The van der Waals surface area contributed by atoms with E-state index in [4.69, 9.17) is 9.97 Å². The number of carbonyl (C=O) groups excluding carboxylic acids is 2. The van der Waals surface area contributed by atoms with E-state index in [1.54, 1.807) is 0 Å². The third-order valence-electron chi connectivity index (χ3n) is 8.21. The summed E-state index contributed by atoms with van der Waals surface area (Å²) in [6, 6.07) is 35.7. The summed E-state index contributed by atoms with van der Waals surface area (Å²) in [5.74, 6) is -0.227. The highest BCUT2D eigenvalue weighted by molar-refractivity contribution is 6.10. The molecule has 0 radical (unpaired) electrons. The van der Waals surface area contributed by atoms with Gasteiger partial charge in [-0.3, -0.25) is 9.59 Å². The Hall–Kier alpha value is -5.36. The maximum atomic E-state index is 13.5. The molecule has 0 aliphatic carbocycles. The lowest BCUT2D eigenvalue weighted by molar-refractivity contribution is 0.0946. The van der Waals surface area contributed by atoms with Crippen LogP contribution in [0.5, 0.6) is 0 Å². The van der Waals surface area contributed by atoms with Gasteiger partial charge in [-0.1, -0.05) is 99.5 Å². The third kappa shape index (κ3) is 6.66. The van der Waals surface area contributed by atoms with Crippen LogP contribution in [0.4, 0.5) is 0 Å². The van der Waals surface area contributed by atoms with Crippen LogP contribution in [0, 0.1) is 0 Å². The van der Waals surface area contributed by atoms with Gasteiger partial charge in [0.25, 0.3) is 11.8 Å². The zero-order valence-electron chi connectivity index (χ0n) is 26.3. The van der Waals surface area contributed by atoms with Crippen molar-refractivity contribution in [3.63, 3.8) is 0 Å². The first-order chi connectivity index (χ1) is 22.6. The number of amides is 2. The summed E-state index contributed by atoms with van der Waals surface area (Å²) in [5.41, 5.74) is 7.95. The number of benzene rings is 4. The van der Waals surface area contributed by atoms with E-state index in [1.807, 2.05) is 109 Å². The second kappa shape index (κ2) is 14.2. The molecule has 46 heavy (non-hydrogen) atoms. The second-order valence-corrected chi connectivity index (χ2v) is 11.5. The van der Waals surface area contributed by atoms with Gasteiger partial charge >= 0.3 is 0 Å². The summed E-state index contributed by atoms with van der Waals surface area (Å²) in [7, 11) is 0. The van der Waals surface area contributed by atoms with Crippen LogP contribution in [0.25, 0.3) is 55.4 Å².